The van der Waals surface area contributed by atoms with Crippen LogP contribution in [0.2, 0.25) is 0 Å². The zero-order chi connectivity index (χ0) is 8.97. The molecule has 1 rings (SSSR count). The van der Waals surface area contributed by atoms with Crippen molar-refractivity contribution in [2.75, 3.05) is 0 Å². The lowest BCUT2D eigenvalue weighted by Crippen LogP contribution is -2.08. The highest BCUT2D eigenvalue weighted by atomic mass is 16.1. The maximum absolute atomic E-state index is 11.2. The summed E-state index contributed by atoms with van der Waals surface area (Å²) >= 11 is 0. The summed E-state index contributed by atoms with van der Waals surface area (Å²) in [6, 6.07) is 0. The Kier molecular flexibility index (Phi) is 2.74. The molecule has 1 N–H and O–H groups in total. The van der Waals surface area contributed by atoms with Crippen LogP contribution >= 0.6 is 0 Å². The number of hydrogen-bond acceptors (Lipinski definition) is 3. The van der Waals surface area contributed by atoms with Crippen LogP contribution in [0.4, 0.5) is 5.69 Å². The second-order valence-corrected chi connectivity index (χ2v) is 2.27. The van der Waals surface area contributed by atoms with Gasteiger partial charge in [-0.25, -0.2) is 4.98 Å². The second kappa shape index (κ2) is 3.80. The van der Waals surface area contributed by atoms with E-state index in [-0.39, 0.29) is 5.56 Å². The number of H-pyrrole nitrogens is 1. The lowest BCUT2D eigenvalue weighted by atomic mass is 10.3. The average molecular weight is 165 g/mol. The quantitative estimate of drug-likeness (QED) is 0.666. The van der Waals surface area contributed by atoms with Gasteiger partial charge in [0.2, 0.25) is 0 Å². The molecule has 0 radical (unpaired) electrons. The van der Waals surface area contributed by atoms with Crippen molar-refractivity contribution in [3.05, 3.63) is 22.4 Å². The first-order chi connectivity index (χ1) is 5.79. The Labute approximate surface area is 70.4 Å². The van der Waals surface area contributed by atoms with Crippen LogP contribution in [-0.4, -0.2) is 16.2 Å². The van der Waals surface area contributed by atoms with E-state index in [0.717, 1.165) is 12.1 Å². The maximum Gasteiger partial charge on any atom is 0.276 e. The van der Waals surface area contributed by atoms with Crippen molar-refractivity contribution < 1.29 is 0 Å². The Balaban J connectivity index is 3.29. The first-order valence-electron chi connectivity index (χ1n) is 3.84. The van der Waals surface area contributed by atoms with E-state index in [4.69, 9.17) is 0 Å². The summed E-state index contributed by atoms with van der Waals surface area (Å²) in [6.45, 7) is 3.71. The largest absolute Gasteiger partial charge is 0.311 e. The van der Waals surface area contributed by atoms with E-state index in [9.17, 15) is 4.79 Å². The van der Waals surface area contributed by atoms with Gasteiger partial charge in [0.25, 0.3) is 5.56 Å². The van der Waals surface area contributed by atoms with Crippen molar-refractivity contribution in [2.45, 2.75) is 20.3 Å². The summed E-state index contributed by atoms with van der Waals surface area (Å²) in [4.78, 5) is 21.6. The number of aromatic nitrogens is 2. The molecular formula is C8H11N3O. The normalized spacial score (nSPS) is 10.8. The zero-order valence-corrected chi connectivity index (χ0v) is 7.16. The van der Waals surface area contributed by atoms with Gasteiger partial charge >= 0.3 is 0 Å². The summed E-state index contributed by atoms with van der Waals surface area (Å²) in [5.41, 5.74) is 0.972. The molecule has 0 saturated heterocycles. The van der Waals surface area contributed by atoms with Crippen molar-refractivity contribution in [3.63, 3.8) is 0 Å². The Morgan fingerprint density at radius 3 is 3.08 bits per heavy atom. The van der Waals surface area contributed by atoms with Crippen LogP contribution in [0, 0.1) is 0 Å². The lowest BCUT2D eigenvalue weighted by Gasteiger charge is -1.97. The van der Waals surface area contributed by atoms with Crippen LogP contribution in [-0.2, 0) is 6.42 Å². The Hall–Kier alpha value is -1.45. The summed E-state index contributed by atoms with van der Waals surface area (Å²) in [5, 5.41) is 0. The summed E-state index contributed by atoms with van der Waals surface area (Å²) < 4.78 is 0. The standard InChI is InChI=1S/C8H11N3O/c1-3-6-7(9-4-2)8(12)11-5-10-6/h4-5H,3H2,1-2H3,(H,10,11,12). The fourth-order valence-corrected chi connectivity index (χ4v) is 0.950. The number of aromatic amines is 1. The fraction of sp³-hybridized carbons (Fsp3) is 0.375. The van der Waals surface area contributed by atoms with Crippen molar-refractivity contribution in [1.82, 2.24) is 9.97 Å². The molecule has 0 aliphatic rings. The highest BCUT2D eigenvalue weighted by molar-refractivity contribution is 5.60. The molecule has 0 unspecified atom stereocenters. The molecule has 1 aromatic rings. The summed E-state index contributed by atoms with van der Waals surface area (Å²) in [5.74, 6) is 0. The van der Waals surface area contributed by atoms with Crippen LogP contribution < -0.4 is 5.56 Å². The van der Waals surface area contributed by atoms with E-state index >= 15 is 0 Å². The minimum absolute atomic E-state index is 0.181. The number of hydrogen-bond donors (Lipinski definition) is 1. The van der Waals surface area contributed by atoms with Gasteiger partial charge in [-0.15, -0.1) is 0 Å². The van der Waals surface area contributed by atoms with E-state index in [2.05, 4.69) is 15.0 Å². The molecule has 0 aliphatic heterocycles. The first kappa shape index (κ1) is 8.64. The SMILES string of the molecule is CC=Nc1c(CC)nc[nH]c1=O. The van der Waals surface area contributed by atoms with Gasteiger partial charge in [0.15, 0.2) is 0 Å². The molecule has 1 aromatic heterocycles. The average Bonchev–Trinajstić information content (AvgIpc) is 2.09. The van der Waals surface area contributed by atoms with E-state index in [1.54, 1.807) is 13.1 Å². The molecule has 0 aliphatic carbocycles. The number of aliphatic imine (C=N–C) groups is 1. The van der Waals surface area contributed by atoms with E-state index < -0.39 is 0 Å². The van der Waals surface area contributed by atoms with Crippen molar-refractivity contribution in [1.29, 1.82) is 0 Å². The van der Waals surface area contributed by atoms with Gasteiger partial charge in [-0.3, -0.25) is 9.79 Å². The lowest BCUT2D eigenvalue weighted by molar-refractivity contribution is 0.977. The van der Waals surface area contributed by atoms with E-state index in [0.29, 0.717) is 5.69 Å². The van der Waals surface area contributed by atoms with Gasteiger partial charge in [-0.05, 0) is 13.3 Å². The van der Waals surface area contributed by atoms with Gasteiger partial charge in [-0.2, -0.15) is 0 Å². The van der Waals surface area contributed by atoms with Gasteiger partial charge in [0.1, 0.15) is 5.69 Å². The molecule has 0 amide bonds. The maximum atomic E-state index is 11.2. The van der Waals surface area contributed by atoms with E-state index in [1.165, 1.54) is 6.33 Å². The van der Waals surface area contributed by atoms with E-state index in [1.807, 2.05) is 6.92 Å². The van der Waals surface area contributed by atoms with Crippen molar-refractivity contribution >= 4 is 11.9 Å². The zero-order valence-electron chi connectivity index (χ0n) is 7.16. The second-order valence-electron chi connectivity index (χ2n) is 2.27. The monoisotopic (exact) mass is 165 g/mol. The minimum atomic E-state index is -0.181. The van der Waals surface area contributed by atoms with Gasteiger partial charge in [0.05, 0.1) is 12.0 Å². The number of rotatable bonds is 2. The van der Waals surface area contributed by atoms with Gasteiger partial charge in [0, 0.05) is 6.21 Å². The van der Waals surface area contributed by atoms with Crippen molar-refractivity contribution in [3.8, 4) is 0 Å². The third kappa shape index (κ3) is 1.58. The molecule has 0 atom stereocenters. The van der Waals surface area contributed by atoms with Crippen LogP contribution in [0.1, 0.15) is 19.5 Å². The molecule has 4 nitrogen and oxygen atoms in total. The molecule has 0 saturated carbocycles. The Bertz CT molecular complexity index is 340. The highest BCUT2D eigenvalue weighted by Gasteiger charge is 2.02. The third-order valence-corrected chi connectivity index (χ3v) is 1.50. The molecule has 0 bridgehead atoms. The first-order valence-corrected chi connectivity index (χ1v) is 3.84. The number of nitrogens with zero attached hydrogens (tertiary/aromatic N) is 2. The van der Waals surface area contributed by atoms with Gasteiger partial charge in [-0.1, -0.05) is 6.92 Å². The Morgan fingerprint density at radius 2 is 2.50 bits per heavy atom. The molecule has 0 fully saturated rings. The predicted molar refractivity (Wildman–Crippen MR) is 48.1 cm³/mol. The molecule has 64 valence electrons. The number of nitrogens with one attached hydrogen (secondary N) is 1. The predicted octanol–water partition coefficient (Wildman–Crippen LogP) is 1.05. The molecule has 0 spiro atoms. The molecule has 4 heteroatoms. The third-order valence-electron chi connectivity index (χ3n) is 1.50. The molecule has 12 heavy (non-hydrogen) atoms. The molecule has 0 aromatic carbocycles. The van der Waals surface area contributed by atoms with Crippen LogP contribution in [0.5, 0.6) is 0 Å². The minimum Gasteiger partial charge on any atom is -0.311 e. The van der Waals surface area contributed by atoms with Crippen LogP contribution in [0.25, 0.3) is 0 Å². The smallest absolute Gasteiger partial charge is 0.276 e. The fourth-order valence-electron chi connectivity index (χ4n) is 0.950. The molecular weight excluding hydrogens is 154 g/mol. The molecule has 1 heterocycles. The summed E-state index contributed by atoms with van der Waals surface area (Å²) in [6.07, 6.45) is 3.71. The van der Waals surface area contributed by atoms with Crippen molar-refractivity contribution in [2.24, 2.45) is 4.99 Å². The topological polar surface area (TPSA) is 58.1 Å². The number of aryl methyl sites for hydroxylation is 1. The van der Waals surface area contributed by atoms with Gasteiger partial charge < -0.3 is 4.98 Å². The highest BCUT2D eigenvalue weighted by Crippen LogP contribution is 2.08. The van der Waals surface area contributed by atoms with Crippen LogP contribution in [0.3, 0.4) is 0 Å². The Morgan fingerprint density at radius 1 is 1.75 bits per heavy atom. The van der Waals surface area contributed by atoms with Crippen LogP contribution in [0.15, 0.2) is 16.1 Å². The summed E-state index contributed by atoms with van der Waals surface area (Å²) in [7, 11) is 0.